The van der Waals surface area contributed by atoms with Gasteiger partial charge in [-0.05, 0) is 221 Å². The third-order valence-corrected chi connectivity index (χ3v) is 23.8. The van der Waals surface area contributed by atoms with Gasteiger partial charge in [0.05, 0.1) is 44.8 Å². The first-order valence-electron chi connectivity index (χ1n) is 38.9. The van der Waals surface area contributed by atoms with Crippen molar-refractivity contribution in [1.82, 2.24) is 23.7 Å². The van der Waals surface area contributed by atoms with E-state index >= 15 is 0 Å². The molecule has 6 nitrogen and oxygen atoms in total. The van der Waals surface area contributed by atoms with Crippen LogP contribution in [0.2, 0.25) is 0 Å². The van der Waals surface area contributed by atoms with E-state index in [0.29, 0.717) is 0 Å². The van der Waals surface area contributed by atoms with Crippen LogP contribution in [0.25, 0.3) is 184 Å². The maximum Gasteiger partial charge on any atom is 0.0876 e. The van der Waals surface area contributed by atoms with E-state index in [1.54, 1.807) is 0 Å². The van der Waals surface area contributed by atoms with Gasteiger partial charge in [-0.2, -0.15) is 0 Å². The van der Waals surface area contributed by atoms with E-state index in [-0.39, 0.29) is 5.41 Å². The molecule has 113 heavy (non-hydrogen) atoms. The van der Waals surface area contributed by atoms with Crippen molar-refractivity contribution in [2.75, 3.05) is 4.90 Å². The molecule has 0 spiro atoms. The monoisotopic (exact) mass is 1440 g/mol. The molecule has 0 radical (unpaired) electrons. The molecule has 5 heterocycles. The highest BCUT2D eigenvalue weighted by atomic mass is 15.1. The Balaban J connectivity index is 0.000000140. The molecule has 0 saturated heterocycles. The van der Waals surface area contributed by atoms with Crippen LogP contribution in [0.4, 0.5) is 17.1 Å². The molecule has 0 aliphatic heterocycles. The summed E-state index contributed by atoms with van der Waals surface area (Å²) in [6, 6.07) is 141. The average Bonchev–Trinajstić information content (AvgIpc) is 1.57. The van der Waals surface area contributed by atoms with Gasteiger partial charge in [-0.25, -0.2) is 0 Å². The summed E-state index contributed by atoms with van der Waals surface area (Å²) < 4.78 is 7.20. The molecule has 23 rings (SSSR count). The van der Waals surface area contributed by atoms with Crippen LogP contribution in [0.5, 0.6) is 0 Å². The Morgan fingerprint density at radius 1 is 0.239 bits per heavy atom. The number of anilines is 3. The number of nitrogens with zero attached hydrogens (tertiary/aromatic N) is 6. The van der Waals surface area contributed by atoms with Crippen molar-refractivity contribution in [3.05, 3.63) is 412 Å². The molecule has 0 unspecified atom stereocenters. The van der Waals surface area contributed by atoms with Gasteiger partial charge in [0, 0.05) is 84.6 Å². The van der Waals surface area contributed by atoms with Gasteiger partial charge in [0.15, 0.2) is 0 Å². The molecule has 0 saturated carbocycles. The molecule has 3 aliphatic rings. The van der Waals surface area contributed by atoms with Crippen molar-refractivity contribution in [2.45, 2.75) is 19.3 Å². The van der Waals surface area contributed by atoms with Crippen LogP contribution in [0.3, 0.4) is 0 Å². The Labute approximate surface area is 656 Å². The molecular formula is C107H72N6. The van der Waals surface area contributed by atoms with Crippen molar-refractivity contribution in [3.63, 3.8) is 0 Å². The van der Waals surface area contributed by atoms with Gasteiger partial charge in [0.1, 0.15) is 0 Å². The molecule has 5 aromatic heterocycles. The minimum atomic E-state index is -0.0824. The smallest absolute Gasteiger partial charge is 0.0876 e. The van der Waals surface area contributed by atoms with Crippen LogP contribution >= 0.6 is 0 Å². The van der Waals surface area contributed by atoms with Crippen LogP contribution < -0.4 is 4.90 Å². The summed E-state index contributed by atoms with van der Waals surface area (Å²) in [5.74, 6) is 0. The van der Waals surface area contributed by atoms with Gasteiger partial charge in [-0.3, -0.25) is 9.97 Å². The van der Waals surface area contributed by atoms with E-state index < -0.39 is 0 Å². The zero-order valence-electron chi connectivity index (χ0n) is 62.3. The van der Waals surface area contributed by atoms with Gasteiger partial charge >= 0.3 is 0 Å². The van der Waals surface area contributed by atoms with Crippen LogP contribution in [0.1, 0.15) is 25.0 Å². The van der Waals surface area contributed by atoms with Gasteiger partial charge in [-0.15, -0.1) is 0 Å². The fourth-order valence-electron chi connectivity index (χ4n) is 18.7. The molecule has 6 heteroatoms. The molecule has 20 aromatic rings. The predicted octanol–water partition coefficient (Wildman–Crippen LogP) is 28.2. The van der Waals surface area contributed by atoms with Gasteiger partial charge in [0.2, 0.25) is 0 Å². The first kappa shape index (κ1) is 65.4. The standard InChI is InChI=1S/C58H41N3.C49H31N3/c1-58(2)51-23-11-10-20-47(51)48-35-34-43(37-52(48)58)60(40-15-4-3-5-16-40)41-30-26-38(27-31-41)39-28-32-42(33-29-39)61-54-25-14-22-49-45-18-7-6-17-44(45)46-19-8-9-21-50(46)56(55(49)54)57(61)53-24-12-13-36-59-53;1-2-13-37-36(12-1)38-14-3-4-17-42(38)48-47-41(37)18-11-22-46(47)52(49(48)43-19-9-10-31-50-43)35-29-25-33(26-30-35)32-23-27-34(28-24-32)51-44-20-7-5-15-39(44)40-16-6-8-21-45(40)51/h3-37H,1-2H3;1-31H. The lowest BCUT2D eigenvalue weighted by molar-refractivity contribution is 0.660. The molecule has 3 aliphatic carbocycles. The fourth-order valence-corrected chi connectivity index (χ4v) is 18.7. The summed E-state index contributed by atoms with van der Waals surface area (Å²) in [5.41, 5.74) is 40.5. The van der Waals surface area contributed by atoms with Gasteiger partial charge in [-0.1, -0.05) is 281 Å². The van der Waals surface area contributed by atoms with Crippen LogP contribution in [0, 0.1) is 0 Å². The van der Waals surface area contributed by atoms with Crippen LogP contribution in [-0.4, -0.2) is 23.7 Å². The van der Waals surface area contributed by atoms with Gasteiger partial charge in [0.25, 0.3) is 0 Å². The zero-order valence-corrected chi connectivity index (χ0v) is 62.3. The maximum atomic E-state index is 4.99. The number of rotatable bonds is 10. The number of pyridine rings is 2. The zero-order chi connectivity index (χ0) is 74.8. The second-order valence-electron chi connectivity index (χ2n) is 30.3. The molecule has 0 fully saturated rings. The molecule has 0 N–H and O–H groups in total. The summed E-state index contributed by atoms with van der Waals surface area (Å²) in [6.07, 6.45) is 3.80. The second-order valence-corrected chi connectivity index (χ2v) is 30.3. The highest BCUT2D eigenvalue weighted by Crippen LogP contribution is 2.56. The van der Waals surface area contributed by atoms with Gasteiger partial charge < -0.3 is 18.6 Å². The highest BCUT2D eigenvalue weighted by molar-refractivity contribution is 6.20. The van der Waals surface area contributed by atoms with E-state index in [4.69, 9.17) is 9.97 Å². The Bertz CT molecular complexity index is 7090. The Hall–Kier alpha value is -14.7. The molecule has 0 bridgehead atoms. The summed E-state index contributed by atoms with van der Waals surface area (Å²) in [4.78, 5) is 12.3. The number of hydrogen-bond acceptors (Lipinski definition) is 3. The maximum absolute atomic E-state index is 4.99. The average molecular weight is 1440 g/mol. The van der Waals surface area contributed by atoms with Crippen molar-refractivity contribution < 1.29 is 0 Å². The van der Waals surface area contributed by atoms with E-state index in [1.807, 2.05) is 24.5 Å². The first-order chi connectivity index (χ1) is 55.9. The lowest BCUT2D eigenvalue weighted by Gasteiger charge is -2.28. The van der Waals surface area contributed by atoms with Crippen molar-refractivity contribution >= 4 is 60.7 Å². The number of para-hydroxylation sites is 3. The summed E-state index contributed by atoms with van der Waals surface area (Å²) >= 11 is 0. The summed E-state index contributed by atoms with van der Waals surface area (Å²) in [5, 5.41) is 5.05. The molecule has 0 atom stereocenters. The van der Waals surface area contributed by atoms with Crippen molar-refractivity contribution in [2.24, 2.45) is 0 Å². The Kier molecular flexibility index (Phi) is 15.2. The quantitative estimate of drug-likeness (QED) is 0.137. The van der Waals surface area contributed by atoms with Crippen molar-refractivity contribution in [1.29, 1.82) is 0 Å². The molecule has 0 amide bonds. The van der Waals surface area contributed by atoms with Crippen LogP contribution in [0.15, 0.2) is 401 Å². The van der Waals surface area contributed by atoms with Crippen LogP contribution in [-0.2, 0) is 5.41 Å². The third-order valence-electron chi connectivity index (χ3n) is 23.8. The summed E-state index contributed by atoms with van der Waals surface area (Å²) in [7, 11) is 0. The SMILES string of the molecule is CC1(C)c2ccccc2-c2ccc(N(c3ccccc3)c3ccc(-c4ccc(-n5c(-c6ccccn6)c6c7c(cccc75)-c5ccccc5-c5ccccc5-6)cc4)cc3)cc21.c1ccc(-c2c3c4c(cccc4n2-c2ccc(-c4ccc(-n5c6ccccc6c6ccccc65)cc4)cc2)-c2ccccc2-c2ccccc2-3)nc1. The molecule has 530 valence electrons. The Morgan fingerprint density at radius 3 is 1.04 bits per heavy atom. The molecular weight excluding hydrogens is 1370 g/mol. The lowest BCUT2D eigenvalue weighted by Crippen LogP contribution is -2.16. The first-order valence-corrected chi connectivity index (χ1v) is 38.9. The molecule has 15 aromatic carbocycles. The minimum Gasteiger partial charge on any atom is -0.310 e. The number of fused-ring (bicyclic) bond motifs is 16. The normalized spacial score (nSPS) is 12.4. The van der Waals surface area contributed by atoms with E-state index in [1.165, 1.54) is 144 Å². The Morgan fingerprint density at radius 2 is 0.575 bits per heavy atom. The minimum absolute atomic E-state index is 0.0824. The third kappa shape index (κ3) is 10.4. The number of hydrogen-bond donors (Lipinski definition) is 0. The highest BCUT2D eigenvalue weighted by Gasteiger charge is 2.37. The van der Waals surface area contributed by atoms with E-state index in [9.17, 15) is 0 Å². The van der Waals surface area contributed by atoms with E-state index in [0.717, 1.165) is 68.0 Å². The predicted molar refractivity (Wildman–Crippen MR) is 470 cm³/mol. The lowest BCUT2D eigenvalue weighted by atomic mass is 9.82. The second kappa shape index (κ2) is 26.3. The van der Waals surface area contributed by atoms with E-state index in [2.05, 4.69) is 409 Å². The van der Waals surface area contributed by atoms with Crippen molar-refractivity contribution in [3.8, 4) is 140 Å². The fraction of sp³-hybridized carbons (Fsp3) is 0.0280. The number of aromatic nitrogens is 5. The number of benzene rings is 15. The summed E-state index contributed by atoms with van der Waals surface area (Å²) in [6.45, 7) is 4.69. The largest absolute Gasteiger partial charge is 0.310 e. The topological polar surface area (TPSA) is 43.8 Å².